The lowest BCUT2D eigenvalue weighted by molar-refractivity contribution is -0.136. The Kier molecular flexibility index (Phi) is 5.38. The van der Waals surface area contributed by atoms with Gasteiger partial charge in [-0.15, -0.1) is 0 Å². The van der Waals surface area contributed by atoms with Crippen LogP contribution in [0.3, 0.4) is 0 Å². The third-order valence-corrected chi connectivity index (χ3v) is 3.73. The molecule has 0 fully saturated rings. The van der Waals surface area contributed by atoms with Crippen LogP contribution in [-0.4, -0.2) is 22.8 Å². The number of benzene rings is 2. The molecule has 7 N–H and O–H groups in total. The van der Waals surface area contributed by atoms with E-state index in [-0.39, 0.29) is 24.6 Å². The summed E-state index contributed by atoms with van der Waals surface area (Å²) in [5, 5.41) is 8.83. The number of anilines is 1. The van der Waals surface area contributed by atoms with Crippen molar-refractivity contribution in [2.75, 3.05) is 5.73 Å². The zero-order valence-electron chi connectivity index (χ0n) is 13.8. The van der Waals surface area contributed by atoms with Gasteiger partial charge in [0, 0.05) is 17.7 Å². The number of nitrogen functional groups attached to an aromatic ring is 1. The van der Waals surface area contributed by atoms with Gasteiger partial charge >= 0.3 is 5.97 Å². The van der Waals surface area contributed by atoms with Crippen molar-refractivity contribution in [2.45, 2.75) is 19.8 Å². The van der Waals surface area contributed by atoms with Gasteiger partial charge in [-0.3, -0.25) is 9.59 Å². The number of carboxylic acids is 1. The van der Waals surface area contributed by atoms with Crippen LogP contribution in [0.5, 0.6) is 0 Å². The average Bonchev–Trinajstić information content (AvgIpc) is 2.53. The maximum atomic E-state index is 12.1. The molecule has 2 rings (SSSR count). The van der Waals surface area contributed by atoms with E-state index in [1.165, 1.54) is 6.92 Å². The Labute approximate surface area is 145 Å². The summed E-state index contributed by atoms with van der Waals surface area (Å²) in [6.07, 6.45) is 0.221. The molecule has 130 valence electrons. The molecule has 0 aliphatic heterocycles. The van der Waals surface area contributed by atoms with Crippen LogP contribution in [0.2, 0.25) is 0 Å². The molecule has 2 aromatic carbocycles. The molecule has 0 heterocycles. The van der Waals surface area contributed by atoms with Crippen LogP contribution in [0.1, 0.15) is 29.3 Å². The number of Topliss-reactive ketones (excluding diaryl/α,β-unsaturated/α-hetero) is 1. The highest BCUT2D eigenvalue weighted by Crippen LogP contribution is 2.32. The second-order valence-corrected chi connectivity index (χ2v) is 5.59. The van der Waals surface area contributed by atoms with E-state index < -0.39 is 5.97 Å². The van der Waals surface area contributed by atoms with Crippen molar-refractivity contribution in [3.05, 3.63) is 47.5 Å². The zero-order valence-corrected chi connectivity index (χ0v) is 13.8. The summed E-state index contributed by atoms with van der Waals surface area (Å²) >= 11 is 0. The van der Waals surface area contributed by atoms with Crippen LogP contribution in [0.4, 0.5) is 11.4 Å². The molecular weight excluding hydrogens is 320 g/mol. The van der Waals surface area contributed by atoms with E-state index in [4.69, 9.17) is 22.3 Å². The normalized spacial score (nSPS) is 10.3. The lowest BCUT2D eigenvalue weighted by Gasteiger charge is -2.14. The lowest BCUT2D eigenvalue weighted by Crippen LogP contribution is -2.21. The van der Waals surface area contributed by atoms with Crippen molar-refractivity contribution in [2.24, 2.45) is 16.5 Å². The number of aliphatic carboxylic acids is 1. The number of carbonyl (C=O) groups excluding carboxylic acids is 1. The first kappa shape index (κ1) is 18.0. The van der Waals surface area contributed by atoms with Gasteiger partial charge in [0.15, 0.2) is 11.7 Å². The van der Waals surface area contributed by atoms with Crippen LogP contribution in [-0.2, 0) is 11.2 Å². The van der Waals surface area contributed by atoms with Crippen molar-refractivity contribution < 1.29 is 14.7 Å². The third-order valence-electron chi connectivity index (χ3n) is 3.73. The summed E-state index contributed by atoms with van der Waals surface area (Å²) < 4.78 is 0. The van der Waals surface area contributed by atoms with E-state index in [1.54, 1.807) is 36.4 Å². The molecule has 0 aliphatic carbocycles. The fraction of sp³-hybridized carbons (Fsp3) is 0.167. The van der Waals surface area contributed by atoms with E-state index >= 15 is 0 Å². The van der Waals surface area contributed by atoms with Crippen LogP contribution in [0.25, 0.3) is 11.1 Å². The summed E-state index contributed by atoms with van der Waals surface area (Å²) in [6, 6.07) is 10.6. The highest BCUT2D eigenvalue weighted by Gasteiger charge is 2.16. The Hall–Kier alpha value is -3.35. The van der Waals surface area contributed by atoms with Gasteiger partial charge in [-0.2, -0.15) is 0 Å². The summed E-state index contributed by atoms with van der Waals surface area (Å²) in [5.41, 5.74) is 20.3. The van der Waals surface area contributed by atoms with E-state index in [9.17, 15) is 9.59 Å². The summed E-state index contributed by atoms with van der Waals surface area (Å²) in [5.74, 6) is -1.13. The molecule has 0 atom stereocenters. The number of carbonyl (C=O) groups is 2. The van der Waals surface area contributed by atoms with E-state index in [2.05, 4.69) is 4.99 Å². The van der Waals surface area contributed by atoms with Gasteiger partial charge in [0.1, 0.15) is 0 Å². The van der Waals surface area contributed by atoms with Crippen molar-refractivity contribution >= 4 is 29.1 Å². The molecule has 0 bridgehead atoms. The first-order valence-electron chi connectivity index (χ1n) is 7.63. The minimum Gasteiger partial charge on any atom is -0.481 e. The van der Waals surface area contributed by atoms with Gasteiger partial charge < -0.3 is 22.3 Å². The minimum absolute atomic E-state index is 0.0378. The Morgan fingerprint density at radius 1 is 1.08 bits per heavy atom. The van der Waals surface area contributed by atoms with E-state index in [0.29, 0.717) is 28.1 Å². The summed E-state index contributed by atoms with van der Waals surface area (Å²) in [6.45, 7) is 1.43. The number of nitrogens with two attached hydrogens (primary N) is 3. The molecule has 0 aliphatic rings. The van der Waals surface area contributed by atoms with E-state index in [1.807, 2.05) is 0 Å². The molecule has 0 spiro atoms. The number of rotatable bonds is 6. The smallest absolute Gasteiger partial charge is 0.303 e. The Morgan fingerprint density at radius 2 is 1.72 bits per heavy atom. The standard InChI is InChI=1S/C18H20N4O3/c1-10(23)16-14(8-4-12(17(16)19)5-9-15(24)25)11-2-6-13(7-3-11)22-18(20)21/h2-4,6-8H,5,9,19H2,1H3,(H,24,25)(H4,20,21,22). The number of carboxylic acid groups (broad SMARTS) is 1. The highest BCUT2D eigenvalue weighted by molar-refractivity contribution is 6.06. The van der Waals surface area contributed by atoms with Gasteiger partial charge in [-0.1, -0.05) is 24.3 Å². The monoisotopic (exact) mass is 340 g/mol. The van der Waals surface area contributed by atoms with Crippen molar-refractivity contribution in [1.29, 1.82) is 0 Å². The molecule has 0 saturated carbocycles. The maximum Gasteiger partial charge on any atom is 0.303 e. The third kappa shape index (κ3) is 4.35. The Morgan fingerprint density at radius 3 is 2.24 bits per heavy atom. The number of hydrogen-bond acceptors (Lipinski definition) is 4. The molecule has 0 radical (unpaired) electrons. The molecule has 0 amide bonds. The minimum atomic E-state index is -0.914. The van der Waals surface area contributed by atoms with E-state index in [0.717, 1.165) is 5.56 Å². The predicted molar refractivity (Wildman–Crippen MR) is 97.7 cm³/mol. The number of guanidine groups is 1. The summed E-state index contributed by atoms with van der Waals surface area (Å²) in [7, 11) is 0. The van der Waals surface area contributed by atoms with Crippen LogP contribution in [0.15, 0.2) is 41.4 Å². The molecular formula is C18H20N4O3. The fourth-order valence-corrected chi connectivity index (χ4v) is 2.61. The Bertz CT molecular complexity index is 838. The Balaban J connectivity index is 2.47. The van der Waals surface area contributed by atoms with Crippen LogP contribution < -0.4 is 17.2 Å². The molecule has 2 aromatic rings. The molecule has 0 unspecified atom stereocenters. The van der Waals surface area contributed by atoms with Crippen LogP contribution >= 0.6 is 0 Å². The number of hydrogen-bond donors (Lipinski definition) is 4. The first-order chi connectivity index (χ1) is 11.8. The number of nitrogens with zero attached hydrogens (tertiary/aromatic N) is 1. The average molecular weight is 340 g/mol. The quantitative estimate of drug-likeness (QED) is 0.274. The lowest BCUT2D eigenvalue weighted by atomic mass is 9.92. The number of aliphatic imine (C=N–C) groups is 1. The predicted octanol–water partition coefficient (Wildman–Crippen LogP) is 2.06. The largest absolute Gasteiger partial charge is 0.481 e. The summed E-state index contributed by atoms with van der Waals surface area (Å²) in [4.78, 5) is 26.8. The van der Waals surface area contributed by atoms with Crippen LogP contribution in [0, 0.1) is 0 Å². The molecule has 7 heteroatoms. The number of ketones is 1. The van der Waals surface area contributed by atoms with Crippen molar-refractivity contribution in [3.8, 4) is 11.1 Å². The van der Waals surface area contributed by atoms with Gasteiger partial charge in [0.05, 0.1) is 5.69 Å². The molecule has 7 nitrogen and oxygen atoms in total. The SMILES string of the molecule is CC(=O)c1c(-c2ccc(N=C(N)N)cc2)ccc(CCC(=O)O)c1N. The second kappa shape index (κ2) is 7.48. The van der Waals surface area contributed by atoms with Crippen molar-refractivity contribution in [1.82, 2.24) is 0 Å². The number of aryl methyl sites for hydroxylation is 1. The maximum absolute atomic E-state index is 12.1. The van der Waals surface area contributed by atoms with Crippen molar-refractivity contribution in [3.63, 3.8) is 0 Å². The topological polar surface area (TPSA) is 145 Å². The van der Waals surface area contributed by atoms with Gasteiger partial charge in [-0.05, 0) is 42.2 Å². The van der Waals surface area contributed by atoms with Gasteiger partial charge in [0.2, 0.25) is 0 Å². The molecule has 0 saturated heterocycles. The van der Waals surface area contributed by atoms with Gasteiger partial charge in [-0.25, -0.2) is 4.99 Å². The fourth-order valence-electron chi connectivity index (χ4n) is 2.61. The first-order valence-corrected chi connectivity index (χ1v) is 7.63. The molecule has 25 heavy (non-hydrogen) atoms. The second-order valence-electron chi connectivity index (χ2n) is 5.59. The highest BCUT2D eigenvalue weighted by atomic mass is 16.4. The zero-order chi connectivity index (χ0) is 18.6. The molecule has 0 aromatic heterocycles. The van der Waals surface area contributed by atoms with Gasteiger partial charge in [0.25, 0.3) is 0 Å².